The molecule has 18 heavy (non-hydrogen) atoms. The van der Waals surface area contributed by atoms with Crippen molar-refractivity contribution in [3.05, 3.63) is 48.2 Å². The molecule has 0 aliphatic carbocycles. The van der Waals surface area contributed by atoms with Gasteiger partial charge in [0.1, 0.15) is 0 Å². The summed E-state index contributed by atoms with van der Waals surface area (Å²) in [5.74, 6) is -3.06. The number of hydrogen-bond donors (Lipinski definition) is 2. The molecule has 0 fully saturated rings. The molecule has 0 bridgehead atoms. The fourth-order valence-corrected chi connectivity index (χ4v) is 1.53. The largest absolute Gasteiger partial charge is 0.410 e. The Morgan fingerprint density at radius 1 is 1.39 bits per heavy atom. The zero-order valence-corrected chi connectivity index (χ0v) is 9.25. The number of aliphatic imine (C=N–C) groups is 1. The first-order chi connectivity index (χ1) is 8.67. The van der Waals surface area contributed by atoms with Crippen LogP contribution in [0.1, 0.15) is 10.4 Å². The van der Waals surface area contributed by atoms with Gasteiger partial charge in [0, 0.05) is 11.8 Å². The van der Waals surface area contributed by atoms with Crippen molar-refractivity contribution >= 4 is 17.8 Å². The molecule has 1 aromatic rings. The molecule has 0 saturated carbocycles. The van der Waals surface area contributed by atoms with Gasteiger partial charge in [0.2, 0.25) is 5.78 Å². The molecule has 92 valence electrons. The summed E-state index contributed by atoms with van der Waals surface area (Å²) < 4.78 is 14.4. The Balaban J connectivity index is 2.34. The zero-order valence-electron chi connectivity index (χ0n) is 9.25. The van der Waals surface area contributed by atoms with Crippen LogP contribution in [0.5, 0.6) is 0 Å². The second-order valence-electron chi connectivity index (χ2n) is 3.59. The summed E-state index contributed by atoms with van der Waals surface area (Å²) in [4.78, 5) is 15.6. The molecule has 1 atom stereocenters. The van der Waals surface area contributed by atoms with E-state index in [0.29, 0.717) is 0 Å². The molecule has 2 rings (SSSR count). The molecular weight excluding hydrogens is 237 g/mol. The SMILES string of the molecule is O=C(C(=NO)C1(F)C=CN=CN1)c1ccccc1. The van der Waals surface area contributed by atoms with Crippen molar-refractivity contribution in [3.63, 3.8) is 0 Å². The normalized spacial score (nSPS) is 22.6. The van der Waals surface area contributed by atoms with Crippen LogP contribution in [0, 0.1) is 0 Å². The Morgan fingerprint density at radius 2 is 2.11 bits per heavy atom. The van der Waals surface area contributed by atoms with Gasteiger partial charge < -0.3 is 10.5 Å². The van der Waals surface area contributed by atoms with E-state index in [1.807, 2.05) is 0 Å². The number of nitrogens with one attached hydrogen (secondary N) is 1. The van der Waals surface area contributed by atoms with Crippen molar-refractivity contribution in [3.8, 4) is 0 Å². The lowest BCUT2D eigenvalue weighted by molar-refractivity contribution is 0.104. The minimum Gasteiger partial charge on any atom is -0.410 e. The molecular formula is C12H10FN3O2. The predicted octanol–water partition coefficient (Wildman–Crippen LogP) is 1.51. The number of Topliss-reactive ketones (excluding diaryl/α,β-unsaturated/α-hetero) is 1. The maximum Gasteiger partial charge on any atom is 0.251 e. The zero-order chi connectivity index (χ0) is 13.0. The van der Waals surface area contributed by atoms with E-state index in [9.17, 15) is 9.18 Å². The first-order valence-electron chi connectivity index (χ1n) is 5.15. The van der Waals surface area contributed by atoms with Crippen LogP contribution in [-0.2, 0) is 0 Å². The summed E-state index contributed by atoms with van der Waals surface area (Å²) in [5.41, 5.74) is -0.406. The fourth-order valence-electron chi connectivity index (χ4n) is 1.53. The molecule has 0 spiro atoms. The van der Waals surface area contributed by atoms with E-state index in [1.54, 1.807) is 18.2 Å². The van der Waals surface area contributed by atoms with Crippen molar-refractivity contribution in [1.29, 1.82) is 0 Å². The average molecular weight is 247 g/mol. The van der Waals surface area contributed by atoms with E-state index in [4.69, 9.17) is 5.21 Å². The van der Waals surface area contributed by atoms with E-state index in [2.05, 4.69) is 15.5 Å². The summed E-state index contributed by atoms with van der Waals surface area (Å²) in [6.45, 7) is 0. The summed E-state index contributed by atoms with van der Waals surface area (Å²) in [5, 5.41) is 13.9. The highest BCUT2D eigenvalue weighted by atomic mass is 19.1. The van der Waals surface area contributed by atoms with Crippen LogP contribution in [0.4, 0.5) is 4.39 Å². The summed E-state index contributed by atoms with van der Waals surface area (Å²) in [6, 6.07) is 8.02. The summed E-state index contributed by atoms with van der Waals surface area (Å²) >= 11 is 0. The van der Waals surface area contributed by atoms with Crippen molar-refractivity contribution in [1.82, 2.24) is 5.32 Å². The minimum absolute atomic E-state index is 0.236. The first kappa shape index (κ1) is 12.0. The lowest BCUT2D eigenvalue weighted by Crippen LogP contribution is -2.50. The van der Waals surface area contributed by atoms with Gasteiger partial charge in [-0.25, -0.2) is 9.38 Å². The Morgan fingerprint density at radius 3 is 2.67 bits per heavy atom. The molecule has 5 nitrogen and oxygen atoms in total. The van der Waals surface area contributed by atoms with Crippen molar-refractivity contribution < 1.29 is 14.4 Å². The van der Waals surface area contributed by atoms with Gasteiger partial charge in [-0.05, 0) is 6.08 Å². The van der Waals surface area contributed by atoms with E-state index < -0.39 is 17.3 Å². The number of carbonyl (C=O) groups excluding carboxylic acids is 1. The molecule has 1 heterocycles. The third kappa shape index (κ3) is 2.13. The molecule has 1 aromatic carbocycles. The Bertz CT molecular complexity index is 540. The molecule has 0 saturated heterocycles. The number of nitrogens with zero attached hydrogens (tertiary/aromatic N) is 2. The number of rotatable bonds is 3. The summed E-state index contributed by atoms with van der Waals surface area (Å²) in [6.07, 6.45) is 3.27. The quantitative estimate of drug-likeness (QED) is 0.279. The Hall–Kier alpha value is -2.50. The van der Waals surface area contributed by atoms with E-state index in [1.165, 1.54) is 18.3 Å². The first-order valence-corrected chi connectivity index (χ1v) is 5.15. The minimum atomic E-state index is -2.36. The van der Waals surface area contributed by atoms with E-state index in [-0.39, 0.29) is 5.56 Å². The van der Waals surface area contributed by atoms with Crippen molar-refractivity contribution in [2.24, 2.45) is 10.1 Å². The fraction of sp³-hybridized carbons (Fsp3) is 0.0833. The van der Waals surface area contributed by atoms with Gasteiger partial charge in [-0.3, -0.25) is 4.79 Å². The second kappa shape index (κ2) is 4.79. The lowest BCUT2D eigenvalue weighted by atomic mass is 9.99. The van der Waals surface area contributed by atoms with Gasteiger partial charge in [0.25, 0.3) is 5.79 Å². The summed E-state index contributed by atoms with van der Waals surface area (Å²) in [7, 11) is 0. The molecule has 1 aliphatic rings. The predicted molar refractivity (Wildman–Crippen MR) is 64.6 cm³/mol. The van der Waals surface area contributed by atoms with E-state index >= 15 is 0 Å². The molecule has 0 amide bonds. The van der Waals surface area contributed by atoms with Gasteiger partial charge >= 0.3 is 0 Å². The lowest BCUT2D eigenvalue weighted by Gasteiger charge is -2.23. The van der Waals surface area contributed by atoms with Gasteiger partial charge in [-0.1, -0.05) is 35.5 Å². The van der Waals surface area contributed by atoms with Gasteiger partial charge in [0.05, 0.1) is 6.34 Å². The standard InChI is InChI=1S/C12H10FN3O2/c13-12(6-7-14-8-15-12)11(16-18)10(17)9-4-2-1-3-5-9/h1-8,18H,(H,14,15). The van der Waals surface area contributed by atoms with Crippen molar-refractivity contribution in [2.45, 2.75) is 5.79 Å². The topological polar surface area (TPSA) is 74.0 Å². The molecule has 6 heteroatoms. The smallest absolute Gasteiger partial charge is 0.251 e. The number of benzene rings is 1. The molecule has 0 aromatic heterocycles. The molecule has 1 unspecified atom stereocenters. The second-order valence-corrected chi connectivity index (χ2v) is 3.59. The van der Waals surface area contributed by atoms with Crippen LogP contribution < -0.4 is 5.32 Å². The highest BCUT2D eigenvalue weighted by Gasteiger charge is 2.39. The number of alkyl halides is 1. The van der Waals surface area contributed by atoms with Gasteiger partial charge in [-0.15, -0.1) is 0 Å². The number of hydrogen-bond acceptors (Lipinski definition) is 5. The molecule has 0 radical (unpaired) electrons. The molecule has 1 aliphatic heterocycles. The van der Waals surface area contributed by atoms with Crippen LogP contribution in [0.15, 0.2) is 52.8 Å². The monoisotopic (exact) mass is 247 g/mol. The van der Waals surface area contributed by atoms with Gasteiger partial charge in [0.15, 0.2) is 5.71 Å². The van der Waals surface area contributed by atoms with E-state index in [0.717, 1.165) is 12.4 Å². The number of oxime groups is 1. The third-order valence-corrected chi connectivity index (χ3v) is 2.44. The molecule has 2 N–H and O–H groups in total. The third-order valence-electron chi connectivity index (χ3n) is 2.44. The Kier molecular flexibility index (Phi) is 3.18. The highest BCUT2D eigenvalue weighted by molar-refractivity contribution is 6.49. The highest BCUT2D eigenvalue weighted by Crippen LogP contribution is 2.17. The van der Waals surface area contributed by atoms with Gasteiger partial charge in [-0.2, -0.15) is 0 Å². The van der Waals surface area contributed by atoms with Crippen LogP contribution in [0.25, 0.3) is 0 Å². The number of carbonyl (C=O) groups is 1. The Labute approximate surface area is 102 Å². The number of ketones is 1. The maximum atomic E-state index is 14.4. The van der Waals surface area contributed by atoms with Crippen LogP contribution in [0.3, 0.4) is 0 Å². The van der Waals surface area contributed by atoms with Crippen LogP contribution in [0.2, 0.25) is 0 Å². The maximum absolute atomic E-state index is 14.4. The average Bonchev–Trinajstić information content (AvgIpc) is 2.41. The van der Waals surface area contributed by atoms with Crippen LogP contribution >= 0.6 is 0 Å². The van der Waals surface area contributed by atoms with Crippen molar-refractivity contribution in [2.75, 3.05) is 0 Å². The number of halogens is 1. The van der Waals surface area contributed by atoms with Crippen LogP contribution in [-0.4, -0.2) is 28.8 Å².